The van der Waals surface area contributed by atoms with Gasteiger partial charge in [0.25, 0.3) is 0 Å². The summed E-state index contributed by atoms with van der Waals surface area (Å²) in [7, 11) is 2.18. The monoisotopic (exact) mass is 456 g/mol. The maximum Gasteiger partial charge on any atom is 0.229 e. The molecule has 0 atom stereocenters. The smallest absolute Gasteiger partial charge is 0.229 e. The number of aryl methyl sites for hydroxylation is 1. The van der Waals surface area contributed by atoms with E-state index in [1.165, 1.54) is 5.69 Å². The second-order valence-corrected chi connectivity index (χ2v) is 9.16. The molecule has 2 aromatic heterocycles. The van der Waals surface area contributed by atoms with Crippen LogP contribution in [0.5, 0.6) is 0 Å². The molecule has 1 saturated heterocycles. The van der Waals surface area contributed by atoms with Gasteiger partial charge in [-0.2, -0.15) is 4.98 Å². The van der Waals surface area contributed by atoms with Crippen molar-refractivity contribution in [1.82, 2.24) is 24.4 Å². The first-order valence-electron chi connectivity index (χ1n) is 11.9. The number of nitrogens with one attached hydrogen (secondary N) is 2. The highest BCUT2D eigenvalue weighted by atomic mass is 15.3. The third-order valence-electron chi connectivity index (χ3n) is 6.25. The number of piperazine rings is 1. The molecule has 8 nitrogen and oxygen atoms in total. The van der Waals surface area contributed by atoms with E-state index in [2.05, 4.69) is 70.2 Å². The number of imidazole rings is 1. The van der Waals surface area contributed by atoms with Crippen LogP contribution < -0.4 is 15.5 Å². The Morgan fingerprint density at radius 3 is 2.15 bits per heavy atom. The molecular weight excluding hydrogens is 424 g/mol. The lowest BCUT2D eigenvalue weighted by atomic mass is 10.2. The van der Waals surface area contributed by atoms with Crippen LogP contribution in [0.25, 0.3) is 11.2 Å². The van der Waals surface area contributed by atoms with Crippen molar-refractivity contribution < 1.29 is 0 Å². The minimum absolute atomic E-state index is 0.182. The SMILES string of the molecule is Cc1nc(Nc2ccc(N3CCN(C)CC3)cc2)nc2c1nc(Nc1ccccc1)n2C(C)C. The second kappa shape index (κ2) is 9.30. The van der Waals surface area contributed by atoms with E-state index in [0.717, 1.165) is 60.4 Å². The van der Waals surface area contributed by atoms with Crippen LogP contribution in [-0.2, 0) is 0 Å². The van der Waals surface area contributed by atoms with Crippen molar-refractivity contribution in [3.05, 3.63) is 60.3 Å². The molecule has 1 fully saturated rings. The molecule has 0 unspecified atom stereocenters. The van der Waals surface area contributed by atoms with E-state index in [0.29, 0.717) is 5.95 Å². The molecule has 0 aliphatic carbocycles. The van der Waals surface area contributed by atoms with Gasteiger partial charge < -0.3 is 20.4 Å². The van der Waals surface area contributed by atoms with E-state index in [-0.39, 0.29) is 6.04 Å². The van der Waals surface area contributed by atoms with Gasteiger partial charge in [-0.25, -0.2) is 9.97 Å². The molecule has 176 valence electrons. The van der Waals surface area contributed by atoms with Crippen molar-refractivity contribution in [1.29, 1.82) is 0 Å². The summed E-state index contributed by atoms with van der Waals surface area (Å²) < 4.78 is 2.12. The number of likely N-dealkylation sites (N-methyl/N-ethyl adjacent to an activating group) is 1. The average molecular weight is 457 g/mol. The summed E-state index contributed by atoms with van der Waals surface area (Å²) in [6, 6.07) is 18.8. The lowest BCUT2D eigenvalue weighted by Crippen LogP contribution is -2.44. The normalized spacial score (nSPS) is 14.7. The van der Waals surface area contributed by atoms with Crippen molar-refractivity contribution in [3.8, 4) is 0 Å². The fourth-order valence-electron chi connectivity index (χ4n) is 4.34. The quantitative estimate of drug-likeness (QED) is 0.425. The number of fused-ring (bicyclic) bond motifs is 1. The van der Waals surface area contributed by atoms with E-state index in [1.807, 2.05) is 37.3 Å². The maximum atomic E-state index is 4.86. The van der Waals surface area contributed by atoms with Crippen LogP contribution in [0.4, 0.5) is 29.0 Å². The van der Waals surface area contributed by atoms with E-state index in [4.69, 9.17) is 15.0 Å². The van der Waals surface area contributed by atoms with Crippen LogP contribution in [0.3, 0.4) is 0 Å². The highest BCUT2D eigenvalue weighted by Crippen LogP contribution is 2.28. The third kappa shape index (κ3) is 4.54. The number of hydrogen-bond acceptors (Lipinski definition) is 7. The molecule has 0 spiro atoms. The molecule has 0 bridgehead atoms. The van der Waals surface area contributed by atoms with Crippen molar-refractivity contribution in [2.45, 2.75) is 26.8 Å². The Balaban J connectivity index is 1.41. The number of nitrogens with zero attached hydrogens (tertiary/aromatic N) is 6. The number of hydrogen-bond donors (Lipinski definition) is 2. The van der Waals surface area contributed by atoms with Crippen LogP contribution in [0.1, 0.15) is 25.6 Å². The molecule has 2 N–H and O–H groups in total. The van der Waals surface area contributed by atoms with Crippen molar-refractivity contribution in [3.63, 3.8) is 0 Å². The molecule has 3 heterocycles. The summed E-state index contributed by atoms with van der Waals surface area (Å²) in [6.45, 7) is 10.6. The molecule has 1 aliphatic rings. The Bertz CT molecular complexity index is 1260. The van der Waals surface area contributed by atoms with Crippen LogP contribution in [0.15, 0.2) is 54.6 Å². The molecule has 1 aliphatic heterocycles. The second-order valence-electron chi connectivity index (χ2n) is 9.16. The molecule has 4 aromatic rings. The first-order chi connectivity index (χ1) is 16.5. The fraction of sp³-hybridized carbons (Fsp3) is 0.346. The topological polar surface area (TPSA) is 74.1 Å². The zero-order valence-electron chi connectivity index (χ0n) is 20.3. The van der Waals surface area contributed by atoms with Gasteiger partial charge in [0.2, 0.25) is 11.9 Å². The molecule has 0 amide bonds. The van der Waals surface area contributed by atoms with Crippen molar-refractivity contribution in [2.24, 2.45) is 0 Å². The summed E-state index contributed by atoms with van der Waals surface area (Å²) >= 11 is 0. The molecule has 8 heteroatoms. The number of para-hydroxylation sites is 1. The van der Waals surface area contributed by atoms with E-state index in [1.54, 1.807) is 0 Å². The van der Waals surface area contributed by atoms with Gasteiger partial charge in [-0.1, -0.05) is 18.2 Å². The van der Waals surface area contributed by atoms with Gasteiger partial charge in [0.05, 0.1) is 5.69 Å². The Morgan fingerprint density at radius 2 is 1.47 bits per heavy atom. The zero-order chi connectivity index (χ0) is 23.7. The number of anilines is 5. The van der Waals surface area contributed by atoms with Gasteiger partial charge in [-0.15, -0.1) is 0 Å². The Morgan fingerprint density at radius 1 is 0.794 bits per heavy atom. The fourth-order valence-corrected chi connectivity index (χ4v) is 4.34. The molecule has 2 aromatic carbocycles. The maximum absolute atomic E-state index is 4.86. The molecule has 0 saturated carbocycles. The Labute approximate surface area is 200 Å². The summed E-state index contributed by atoms with van der Waals surface area (Å²) in [5, 5.41) is 6.82. The first-order valence-corrected chi connectivity index (χ1v) is 11.9. The average Bonchev–Trinajstić information content (AvgIpc) is 3.19. The first kappa shape index (κ1) is 22.2. The zero-order valence-corrected chi connectivity index (χ0v) is 20.3. The van der Waals surface area contributed by atoms with E-state index in [9.17, 15) is 0 Å². The van der Waals surface area contributed by atoms with E-state index >= 15 is 0 Å². The molecule has 0 radical (unpaired) electrons. The van der Waals surface area contributed by atoms with Crippen LogP contribution in [-0.4, -0.2) is 57.6 Å². The highest BCUT2D eigenvalue weighted by Gasteiger charge is 2.19. The lowest BCUT2D eigenvalue weighted by molar-refractivity contribution is 0.313. The Kier molecular flexibility index (Phi) is 6.06. The third-order valence-corrected chi connectivity index (χ3v) is 6.25. The van der Waals surface area contributed by atoms with Crippen molar-refractivity contribution in [2.75, 3.05) is 48.8 Å². The van der Waals surface area contributed by atoms with Crippen LogP contribution >= 0.6 is 0 Å². The largest absolute Gasteiger partial charge is 0.369 e. The summed E-state index contributed by atoms with van der Waals surface area (Å²) in [6.07, 6.45) is 0. The Hall–Kier alpha value is -3.65. The summed E-state index contributed by atoms with van der Waals surface area (Å²) in [5.74, 6) is 1.34. The van der Waals surface area contributed by atoms with Gasteiger partial charge in [-0.05, 0) is 64.2 Å². The number of benzene rings is 2. The molecule has 34 heavy (non-hydrogen) atoms. The lowest BCUT2D eigenvalue weighted by Gasteiger charge is -2.34. The molecule has 5 rings (SSSR count). The molecular formula is C26H32N8. The van der Waals surface area contributed by atoms with Gasteiger partial charge in [0.1, 0.15) is 5.52 Å². The number of rotatable bonds is 6. The predicted octanol–water partition coefficient (Wildman–Crippen LogP) is 4.95. The predicted molar refractivity (Wildman–Crippen MR) is 140 cm³/mol. The van der Waals surface area contributed by atoms with Gasteiger partial charge >= 0.3 is 0 Å². The van der Waals surface area contributed by atoms with Crippen LogP contribution in [0.2, 0.25) is 0 Å². The summed E-state index contributed by atoms with van der Waals surface area (Å²) in [4.78, 5) is 19.2. The standard InChI is InChI=1S/C26H32N8/c1-18(2)34-24-23(30-26(34)29-20-8-6-5-7-9-20)19(3)27-25(31-24)28-21-10-12-22(13-11-21)33-16-14-32(4)15-17-33/h5-13,18H,14-17H2,1-4H3,(H,29,30)(H,27,28,31). The van der Waals surface area contributed by atoms with Crippen molar-refractivity contribution >= 4 is 40.1 Å². The van der Waals surface area contributed by atoms with Crippen LogP contribution in [0, 0.1) is 6.92 Å². The highest BCUT2D eigenvalue weighted by molar-refractivity contribution is 5.80. The van der Waals surface area contributed by atoms with Gasteiger partial charge in [0, 0.05) is 49.3 Å². The summed E-state index contributed by atoms with van der Waals surface area (Å²) in [5.41, 5.74) is 5.68. The van der Waals surface area contributed by atoms with Gasteiger partial charge in [0.15, 0.2) is 5.65 Å². The van der Waals surface area contributed by atoms with E-state index < -0.39 is 0 Å². The number of aromatic nitrogens is 4. The van der Waals surface area contributed by atoms with Gasteiger partial charge in [-0.3, -0.25) is 4.57 Å². The minimum Gasteiger partial charge on any atom is -0.369 e. The minimum atomic E-state index is 0.182.